The van der Waals surface area contributed by atoms with Crippen LogP contribution in [0.25, 0.3) is 0 Å². The van der Waals surface area contributed by atoms with Gasteiger partial charge in [-0.05, 0) is 61.3 Å². The quantitative estimate of drug-likeness (QED) is 0.396. The van der Waals surface area contributed by atoms with Crippen LogP contribution in [0, 0.1) is 35.5 Å². The molecule has 1 saturated carbocycles. The molecule has 1 aliphatic heterocycles. The SMILES string of the molecule is CC(=O)NC/C1=C/C=C/C[C@@H]([C@@H]2CCC[C@H]2C(=O)O)OC(=O)C[C@H](O)[C@@H](C)C[C@@H](C)C[C@@H](C)C[C@H](C)[C@H]1O. The maximum Gasteiger partial charge on any atom is 0.308 e. The van der Waals surface area contributed by atoms with Crippen molar-refractivity contribution in [2.24, 2.45) is 35.5 Å². The number of amides is 1. The Labute approximate surface area is 227 Å². The van der Waals surface area contributed by atoms with Gasteiger partial charge in [0.2, 0.25) is 5.91 Å². The number of carboxylic acids is 1. The molecule has 0 unspecified atom stereocenters. The first-order valence-electron chi connectivity index (χ1n) is 14.3. The van der Waals surface area contributed by atoms with Crippen molar-refractivity contribution in [1.82, 2.24) is 5.32 Å². The van der Waals surface area contributed by atoms with E-state index in [0.29, 0.717) is 36.7 Å². The topological polar surface area (TPSA) is 133 Å². The van der Waals surface area contributed by atoms with Crippen molar-refractivity contribution in [3.05, 3.63) is 23.8 Å². The number of cyclic esters (lactones) is 1. The van der Waals surface area contributed by atoms with Crippen LogP contribution in [0.3, 0.4) is 0 Å². The van der Waals surface area contributed by atoms with E-state index in [2.05, 4.69) is 19.2 Å². The Morgan fingerprint density at radius 3 is 2.32 bits per heavy atom. The molecule has 1 fully saturated rings. The van der Waals surface area contributed by atoms with E-state index in [-0.39, 0.29) is 36.6 Å². The number of hydrogen-bond donors (Lipinski definition) is 4. The highest BCUT2D eigenvalue weighted by atomic mass is 16.5. The molecule has 38 heavy (non-hydrogen) atoms. The molecule has 0 aromatic heterocycles. The standard InChI is InChI=1S/C30H49NO7/c1-18-13-19(2)15-21(4)29(35)23(17-31-22(5)32)9-6-7-12-27(24-10-8-11-25(24)30(36)37)38-28(34)16-26(33)20(3)14-18/h6-7,9,18-21,24-27,29,33,35H,8,10-17H2,1-5H3,(H,31,32)(H,36,37)/b7-6+,23-9-/t18-,19+,20-,21-,24+,25+,26-,27-,29+/m0/s1. The fourth-order valence-corrected chi connectivity index (χ4v) is 6.33. The fraction of sp³-hybridized carbons (Fsp3) is 0.767. The lowest BCUT2D eigenvalue weighted by atomic mass is 9.82. The van der Waals surface area contributed by atoms with Crippen molar-refractivity contribution in [2.75, 3.05) is 6.54 Å². The van der Waals surface area contributed by atoms with Gasteiger partial charge in [0.25, 0.3) is 0 Å². The second-order valence-electron chi connectivity index (χ2n) is 12.0. The lowest BCUT2D eigenvalue weighted by Crippen LogP contribution is -2.34. The van der Waals surface area contributed by atoms with Crippen molar-refractivity contribution < 1.29 is 34.4 Å². The van der Waals surface area contributed by atoms with Crippen LogP contribution in [0.5, 0.6) is 0 Å². The predicted molar refractivity (Wildman–Crippen MR) is 146 cm³/mol. The van der Waals surface area contributed by atoms with Gasteiger partial charge in [0.1, 0.15) is 6.10 Å². The Morgan fingerprint density at radius 1 is 1.03 bits per heavy atom. The Kier molecular flexibility index (Phi) is 13.0. The van der Waals surface area contributed by atoms with Crippen LogP contribution in [0.4, 0.5) is 0 Å². The van der Waals surface area contributed by atoms with Crippen LogP contribution in [0.1, 0.15) is 86.0 Å². The molecule has 0 spiro atoms. The van der Waals surface area contributed by atoms with Crippen molar-refractivity contribution in [3.63, 3.8) is 0 Å². The molecule has 0 aromatic carbocycles. The number of hydrogen-bond acceptors (Lipinski definition) is 6. The summed E-state index contributed by atoms with van der Waals surface area (Å²) in [4.78, 5) is 36.3. The Hall–Kier alpha value is -2.19. The summed E-state index contributed by atoms with van der Waals surface area (Å²) in [5.41, 5.74) is 0.694. The summed E-state index contributed by atoms with van der Waals surface area (Å²) in [5.74, 6) is -1.85. The zero-order valence-corrected chi connectivity index (χ0v) is 23.8. The second-order valence-corrected chi connectivity index (χ2v) is 12.0. The van der Waals surface area contributed by atoms with E-state index in [1.165, 1.54) is 6.92 Å². The maximum absolute atomic E-state index is 12.9. The molecule has 0 bridgehead atoms. The first-order valence-corrected chi connectivity index (χ1v) is 14.3. The molecule has 216 valence electrons. The number of nitrogens with one attached hydrogen (secondary N) is 1. The predicted octanol–water partition coefficient (Wildman–Crippen LogP) is 4.25. The third-order valence-electron chi connectivity index (χ3n) is 8.31. The van der Waals surface area contributed by atoms with Gasteiger partial charge in [-0.25, -0.2) is 0 Å². The molecule has 1 aliphatic carbocycles. The largest absolute Gasteiger partial charge is 0.481 e. The third-order valence-corrected chi connectivity index (χ3v) is 8.31. The summed E-state index contributed by atoms with van der Waals surface area (Å²) >= 11 is 0. The fourth-order valence-electron chi connectivity index (χ4n) is 6.33. The first-order chi connectivity index (χ1) is 17.9. The molecule has 2 aliphatic rings. The molecule has 8 heteroatoms. The zero-order valence-electron chi connectivity index (χ0n) is 23.8. The van der Waals surface area contributed by atoms with Crippen LogP contribution in [-0.4, -0.2) is 58.0 Å². The van der Waals surface area contributed by atoms with Gasteiger partial charge in [-0.1, -0.05) is 52.3 Å². The molecule has 0 radical (unpaired) electrons. The number of carboxylic acid groups (broad SMARTS) is 1. The number of aliphatic carboxylic acids is 1. The molecule has 1 amide bonds. The minimum atomic E-state index is -0.876. The highest BCUT2D eigenvalue weighted by Crippen LogP contribution is 2.37. The number of allylic oxidation sites excluding steroid dienone is 2. The van der Waals surface area contributed by atoms with Gasteiger partial charge in [0.15, 0.2) is 0 Å². The number of aliphatic hydroxyl groups is 2. The van der Waals surface area contributed by atoms with Crippen LogP contribution in [0.15, 0.2) is 23.8 Å². The van der Waals surface area contributed by atoms with E-state index in [9.17, 15) is 29.7 Å². The van der Waals surface area contributed by atoms with Gasteiger partial charge in [-0.2, -0.15) is 0 Å². The molecule has 2 rings (SSSR count). The molecule has 4 N–H and O–H groups in total. The van der Waals surface area contributed by atoms with E-state index < -0.39 is 36.2 Å². The van der Waals surface area contributed by atoms with E-state index in [1.54, 1.807) is 12.2 Å². The number of carbonyl (C=O) groups excluding carboxylic acids is 2. The molecule has 8 nitrogen and oxygen atoms in total. The van der Waals surface area contributed by atoms with Crippen LogP contribution >= 0.6 is 0 Å². The Bertz CT molecular complexity index is 854. The van der Waals surface area contributed by atoms with E-state index in [0.717, 1.165) is 25.7 Å². The Morgan fingerprint density at radius 2 is 1.68 bits per heavy atom. The highest BCUT2D eigenvalue weighted by molar-refractivity contribution is 5.73. The molecule has 0 aromatic rings. The molecule has 0 saturated heterocycles. The number of aliphatic hydroxyl groups excluding tert-OH is 2. The minimum Gasteiger partial charge on any atom is -0.481 e. The Balaban J connectivity index is 2.35. The molecular weight excluding hydrogens is 486 g/mol. The normalized spacial score (nSPS) is 38.7. The van der Waals surface area contributed by atoms with Gasteiger partial charge in [-0.15, -0.1) is 0 Å². The minimum absolute atomic E-state index is 0.0176. The number of rotatable bonds is 4. The summed E-state index contributed by atoms with van der Waals surface area (Å²) in [5, 5.41) is 34.4. The average Bonchev–Trinajstić information content (AvgIpc) is 3.31. The van der Waals surface area contributed by atoms with Gasteiger partial charge in [0, 0.05) is 25.8 Å². The monoisotopic (exact) mass is 535 g/mol. The zero-order chi connectivity index (χ0) is 28.4. The number of esters is 1. The summed E-state index contributed by atoms with van der Waals surface area (Å²) in [6, 6.07) is 0. The van der Waals surface area contributed by atoms with Crippen LogP contribution in [-0.2, 0) is 19.1 Å². The van der Waals surface area contributed by atoms with Crippen LogP contribution in [0.2, 0.25) is 0 Å². The summed E-state index contributed by atoms with van der Waals surface area (Å²) in [6.45, 7) is 9.94. The van der Waals surface area contributed by atoms with Crippen molar-refractivity contribution >= 4 is 17.8 Å². The summed E-state index contributed by atoms with van der Waals surface area (Å²) < 4.78 is 5.83. The van der Waals surface area contributed by atoms with Gasteiger partial charge in [-0.3, -0.25) is 14.4 Å². The highest BCUT2D eigenvalue weighted by Gasteiger charge is 2.39. The second kappa shape index (κ2) is 15.4. The summed E-state index contributed by atoms with van der Waals surface area (Å²) in [7, 11) is 0. The van der Waals surface area contributed by atoms with Gasteiger partial charge < -0.3 is 25.4 Å². The molecular formula is C30H49NO7. The third kappa shape index (κ3) is 10.2. The number of ether oxygens (including phenoxy) is 1. The van der Waals surface area contributed by atoms with E-state index in [4.69, 9.17) is 4.74 Å². The first kappa shape index (κ1) is 32.0. The van der Waals surface area contributed by atoms with Crippen molar-refractivity contribution in [3.8, 4) is 0 Å². The summed E-state index contributed by atoms with van der Waals surface area (Å²) in [6.07, 6.45) is 7.94. The maximum atomic E-state index is 12.9. The average molecular weight is 536 g/mol. The smallest absolute Gasteiger partial charge is 0.308 e. The lowest BCUT2D eigenvalue weighted by molar-refractivity contribution is -0.159. The van der Waals surface area contributed by atoms with Gasteiger partial charge >= 0.3 is 11.9 Å². The lowest BCUT2D eigenvalue weighted by Gasteiger charge is -2.29. The van der Waals surface area contributed by atoms with E-state index >= 15 is 0 Å². The molecule has 1 heterocycles. The van der Waals surface area contributed by atoms with Crippen molar-refractivity contribution in [2.45, 2.75) is 104 Å². The van der Waals surface area contributed by atoms with Crippen LogP contribution < -0.4 is 5.32 Å². The molecule has 9 atom stereocenters. The van der Waals surface area contributed by atoms with Gasteiger partial charge in [0.05, 0.1) is 24.5 Å². The number of carbonyl (C=O) groups is 3. The van der Waals surface area contributed by atoms with E-state index in [1.807, 2.05) is 19.9 Å². The van der Waals surface area contributed by atoms with Crippen molar-refractivity contribution in [1.29, 1.82) is 0 Å².